The van der Waals surface area contributed by atoms with E-state index >= 15 is 0 Å². The van der Waals surface area contributed by atoms with Gasteiger partial charge in [0.1, 0.15) is 17.1 Å². The van der Waals surface area contributed by atoms with Crippen molar-refractivity contribution < 1.29 is 41.7 Å². The van der Waals surface area contributed by atoms with Crippen LogP contribution in [0, 0.1) is 17.7 Å². The molecule has 3 aliphatic rings. The molecule has 0 aromatic heterocycles. The first-order valence-electron chi connectivity index (χ1n) is 13.8. The van der Waals surface area contributed by atoms with Crippen LogP contribution >= 0.6 is 0 Å². The average molecular weight is 603 g/mol. The summed E-state index contributed by atoms with van der Waals surface area (Å²) in [6.45, 7) is 5.77. The number of rotatable bonds is 8. The summed E-state index contributed by atoms with van der Waals surface area (Å²) in [6, 6.07) is 6.14. The molecular weight excluding hydrogens is 567 g/mol. The van der Waals surface area contributed by atoms with Gasteiger partial charge < -0.3 is 19.3 Å². The maximum atomic E-state index is 14.4. The van der Waals surface area contributed by atoms with Crippen LogP contribution in [0.4, 0.5) is 14.9 Å². The van der Waals surface area contributed by atoms with Gasteiger partial charge in [0.2, 0.25) is 0 Å². The summed E-state index contributed by atoms with van der Waals surface area (Å²) in [5.74, 6) is -0.768. The topological polar surface area (TPSA) is 123 Å². The number of halogens is 1. The van der Waals surface area contributed by atoms with E-state index < -0.39 is 33.5 Å². The normalized spacial score (nSPS) is 21.8. The Morgan fingerprint density at radius 3 is 2.64 bits per heavy atom. The molecule has 0 radical (unpaired) electrons. The average Bonchev–Trinajstić information content (AvgIpc) is 3.59. The predicted molar refractivity (Wildman–Crippen MR) is 152 cm³/mol. The van der Waals surface area contributed by atoms with Crippen LogP contribution in [-0.4, -0.2) is 76.5 Å². The molecule has 226 valence electrons. The molecule has 1 saturated heterocycles. The zero-order valence-electron chi connectivity index (χ0n) is 24.0. The fourth-order valence-electron chi connectivity index (χ4n) is 5.80. The number of carbonyl (C=O) groups excluding carboxylic acids is 2. The number of nitrogens with zero attached hydrogens (tertiary/aromatic N) is 2. The smallest absolute Gasteiger partial charge is 0.428 e. The van der Waals surface area contributed by atoms with Crippen LogP contribution in [-0.2, 0) is 19.5 Å². The van der Waals surface area contributed by atoms with Crippen molar-refractivity contribution in [3.05, 3.63) is 58.9 Å². The molecule has 2 aliphatic heterocycles. The Morgan fingerprint density at radius 1 is 1.21 bits per heavy atom. The summed E-state index contributed by atoms with van der Waals surface area (Å²) in [4.78, 5) is 27.9. The number of likely N-dealkylation sites (tertiary alicyclic amines) is 1. The lowest BCUT2D eigenvalue weighted by atomic mass is 9.90. The van der Waals surface area contributed by atoms with Crippen LogP contribution in [0.15, 0.2) is 41.3 Å². The molecule has 2 fully saturated rings. The number of benzene rings is 2. The van der Waals surface area contributed by atoms with E-state index in [1.54, 1.807) is 26.0 Å². The number of aliphatic hydroxyl groups is 1. The van der Waals surface area contributed by atoms with Crippen LogP contribution in [0.3, 0.4) is 0 Å². The molecule has 1 unspecified atom stereocenters. The third-order valence-corrected chi connectivity index (χ3v) is 10.1. The Balaban J connectivity index is 1.53. The van der Waals surface area contributed by atoms with E-state index in [0.29, 0.717) is 29.9 Å². The molecule has 42 heavy (non-hydrogen) atoms. The van der Waals surface area contributed by atoms with E-state index in [1.165, 1.54) is 12.1 Å². The van der Waals surface area contributed by atoms with Crippen molar-refractivity contribution in [3.63, 3.8) is 0 Å². The molecule has 12 heteroatoms. The maximum Gasteiger partial charge on any atom is 0.428 e. The van der Waals surface area contributed by atoms with E-state index in [4.69, 9.17) is 14.2 Å². The van der Waals surface area contributed by atoms with E-state index in [1.807, 2.05) is 0 Å². The minimum absolute atomic E-state index is 0.0109. The molecule has 0 spiro atoms. The summed E-state index contributed by atoms with van der Waals surface area (Å²) in [7, 11) is -2.58. The largest absolute Gasteiger partial charge is 0.492 e. The highest BCUT2D eigenvalue weighted by atomic mass is 32.2. The van der Waals surface area contributed by atoms with Crippen molar-refractivity contribution in [1.29, 1.82) is 0 Å². The van der Waals surface area contributed by atoms with Gasteiger partial charge in [-0.2, -0.15) is 4.31 Å². The van der Waals surface area contributed by atoms with Gasteiger partial charge in [0.25, 0.3) is 10.0 Å². The lowest BCUT2D eigenvalue weighted by molar-refractivity contribution is 0.0215. The second-order valence-electron chi connectivity index (χ2n) is 11.5. The van der Waals surface area contributed by atoms with E-state index in [0.717, 1.165) is 57.4 Å². The zero-order valence-corrected chi connectivity index (χ0v) is 24.8. The number of amides is 1. The highest BCUT2D eigenvalue weighted by Crippen LogP contribution is 2.56. The third kappa shape index (κ3) is 5.62. The number of carbonyl (C=O) groups is 2. The minimum Gasteiger partial charge on any atom is -0.492 e. The predicted octanol–water partition coefficient (Wildman–Crippen LogP) is 4.18. The lowest BCUT2D eigenvalue weighted by Gasteiger charge is -2.27. The van der Waals surface area contributed by atoms with Gasteiger partial charge in [0.05, 0.1) is 37.0 Å². The minimum atomic E-state index is -4.75. The van der Waals surface area contributed by atoms with Crippen molar-refractivity contribution in [2.45, 2.75) is 43.1 Å². The van der Waals surface area contributed by atoms with Crippen LogP contribution in [0.2, 0.25) is 0 Å². The first-order chi connectivity index (χ1) is 19.9. The highest BCUT2D eigenvalue weighted by Gasteiger charge is 2.47. The lowest BCUT2D eigenvalue weighted by Crippen LogP contribution is -2.38. The number of esters is 1. The second kappa shape index (κ2) is 11.3. The number of methoxy groups -OCH3 is 2. The Morgan fingerprint density at radius 2 is 1.98 bits per heavy atom. The summed E-state index contributed by atoms with van der Waals surface area (Å²) in [5.41, 5.74) is -0.553. The van der Waals surface area contributed by atoms with Gasteiger partial charge in [-0.05, 0) is 74.5 Å². The van der Waals surface area contributed by atoms with Crippen LogP contribution in [0.25, 0.3) is 6.08 Å². The molecule has 2 aromatic carbocycles. The van der Waals surface area contributed by atoms with Crippen molar-refractivity contribution in [3.8, 4) is 5.75 Å². The van der Waals surface area contributed by atoms with Crippen molar-refractivity contribution in [2.75, 3.05) is 44.8 Å². The summed E-state index contributed by atoms with van der Waals surface area (Å²) >= 11 is 0. The Hall–Kier alpha value is -3.48. The number of hydrogen-bond acceptors (Lipinski definition) is 9. The highest BCUT2D eigenvalue weighted by molar-refractivity contribution is 7.93. The van der Waals surface area contributed by atoms with Gasteiger partial charge in [0, 0.05) is 24.9 Å². The van der Waals surface area contributed by atoms with Gasteiger partial charge in [-0.3, -0.25) is 4.90 Å². The van der Waals surface area contributed by atoms with E-state index in [2.05, 4.69) is 4.90 Å². The molecule has 2 aromatic rings. The maximum absolute atomic E-state index is 14.4. The Bertz CT molecular complexity index is 1530. The van der Waals surface area contributed by atoms with Gasteiger partial charge in [-0.1, -0.05) is 18.2 Å². The first kappa shape index (κ1) is 30.0. The van der Waals surface area contributed by atoms with Crippen LogP contribution in [0.5, 0.6) is 5.75 Å². The first-order valence-corrected chi connectivity index (χ1v) is 15.2. The SMILES string of the molecule is COC(=O)c1c(N(C(=O)OC)S(=O)(=O)c2ccc(F)cc2/C=C\CN2CCC(C(C)(C)O)C2)ccc2c1OC[C@@H]1C[C@H]21. The summed E-state index contributed by atoms with van der Waals surface area (Å²) in [5, 5.41) is 10.3. The fraction of sp³-hybridized carbons (Fsp3) is 0.467. The summed E-state index contributed by atoms with van der Waals surface area (Å²) in [6.07, 6.45) is 3.62. The van der Waals surface area contributed by atoms with Gasteiger partial charge in [-0.15, -0.1) is 0 Å². The molecule has 1 N–H and O–H groups in total. The third-order valence-electron chi connectivity index (χ3n) is 8.30. The standard InChI is InChI=1S/C30H35FN2O8S/c1-30(2,36)20-11-13-32(16-20)12-5-6-18-14-21(31)7-10-25(18)42(37,38)33(29(35)40-4)24-9-8-22-23-15-19(23)17-41-27(22)26(24)28(34)39-3/h5-10,14,19-20,23,36H,11-13,15-17H2,1-4H3/b6-5-/t19-,20?,23-/m0/s1. The Kier molecular flexibility index (Phi) is 8.08. The number of anilines is 1. The number of fused-ring (bicyclic) bond motifs is 3. The molecule has 10 nitrogen and oxygen atoms in total. The van der Waals surface area contributed by atoms with Gasteiger partial charge in [0.15, 0.2) is 0 Å². The van der Waals surface area contributed by atoms with Crippen molar-refractivity contribution in [1.82, 2.24) is 4.90 Å². The van der Waals surface area contributed by atoms with Gasteiger partial charge >= 0.3 is 12.1 Å². The molecule has 1 saturated carbocycles. The number of sulfonamides is 1. The van der Waals surface area contributed by atoms with Crippen LogP contribution < -0.4 is 9.04 Å². The quantitative estimate of drug-likeness (QED) is 0.444. The second-order valence-corrected chi connectivity index (χ2v) is 13.3. The summed E-state index contributed by atoms with van der Waals surface area (Å²) < 4.78 is 58.8. The Labute approximate surface area is 244 Å². The molecule has 0 bridgehead atoms. The number of hydrogen-bond donors (Lipinski definition) is 1. The van der Waals surface area contributed by atoms with Crippen molar-refractivity contribution in [2.24, 2.45) is 11.8 Å². The molecular formula is C30H35FN2O8S. The zero-order chi connectivity index (χ0) is 30.4. The van der Waals surface area contributed by atoms with Gasteiger partial charge in [-0.25, -0.2) is 22.4 Å². The molecule has 5 rings (SSSR count). The van der Waals surface area contributed by atoms with E-state index in [9.17, 15) is 27.5 Å². The van der Waals surface area contributed by atoms with Crippen molar-refractivity contribution >= 4 is 33.8 Å². The van der Waals surface area contributed by atoms with Crippen LogP contribution in [0.1, 0.15) is 54.1 Å². The number of ether oxygens (including phenoxy) is 3. The molecule has 1 amide bonds. The van der Waals surface area contributed by atoms with E-state index in [-0.39, 0.29) is 39.3 Å². The monoisotopic (exact) mass is 602 g/mol. The molecule has 2 heterocycles. The molecule has 3 atom stereocenters. The molecule has 1 aliphatic carbocycles. The fourth-order valence-corrected chi connectivity index (χ4v) is 7.35.